The van der Waals surface area contributed by atoms with Crippen LogP contribution in [0.5, 0.6) is 5.75 Å². The fourth-order valence-electron chi connectivity index (χ4n) is 0.803. The SMILES string of the molecule is C#CCOC(=O)C(=O)Oc1ccccc1. The third-order valence-corrected chi connectivity index (χ3v) is 1.41. The van der Waals surface area contributed by atoms with Gasteiger partial charge in [0.2, 0.25) is 0 Å². The van der Waals surface area contributed by atoms with Crippen LogP contribution in [0.25, 0.3) is 0 Å². The van der Waals surface area contributed by atoms with Crippen LogP contribution in [0, 0.1) is 12.3 Å². The summed E-state index contributed by atoms with van der Waals surface area (Å²) in [6.07, 6.45) is 4.85. The summed E-state index contributed by atoms with van der Waals surface area (Å²) >= 11 is 0. The van der Waals surface area contributed by atoms with Gasteiger partial charge in [-0.2, -0.15) is 0 Å². The predicted molar refractivity (Wildman–Crippen MR) is 51.9 cm³/mol. The Labute approximate surface area is 86.8 Å². The topological polar surface area (TPSA) is 52.6 Å². The fraction of sp³-hybridized carbons (Fsp3) is 0.0909. The number of para-hydroxylation sites is 1. The van der Waals surface area contributed by atoms with E-state index in [0.717, 1.165) is 0 Å². The van der Waals surface area contributed by atoms with Crippen molar-refractivity contribution < 1.29 is 19.1 Å². The zero-order valence-corrected chi connectivity index (χ0v) is 7.80. The zero-order chi connectivity index (χ0) is 11.1. The lowest BCUT2D eigenvalue weighted by atomic mass is 10.3. The number of terminal acetylenes is 1. The predicted octanol–water partition coefficient (Wildman–Crippen LogP) is 0.768. The van der Waals surface area contributed by atoms with Crippen LogP contribution in [-0.2, 0) is 14.3 Å². The van der Waals surface area contributed by atoms with Crippen LogP contribution in [0.4, 0.5) is 0 Å². The molecule has 76 valence electrons. The summed E-state index contributed by atoms with van der Waals surface area (Å²) in [6, 6.07) is 8.21. The first-order chi connectivity index (χ1) is 7.24. The molecule has 0 amide bonds. The smallest absolute Gasteiger partial charge is 0.422 e. The number of hydrogen-bond donors (Lipinski definition) is 0. The molecule has 15 heavy (non-hydrogen) atoms. The van der Waals surface area contributed by atoms with Gasteiger partial charge in [-0.05, 0) is 12.1 Å². The van der Waals surface area contributed by atoms with E-state index < -0.39 is 11.9 Å². The Hall–Kier alpha value is -2.28. The summed E-state index contributed by atoms with van der Waals surface area (Å²) in [5.74, 6) is 0.158. The molecule has 0 saturated carbocycles. The molecule has 1 aromatic carbocycles. The highest BCUT2D eigenvalue weighted by atomic mass is 16.6. The Morgan fingerprint density at radius 3 is 2.47 bits per heavy atom. The monoisotopic (exact) mass is 204 g/mol. The maximum Gasteiger partial charge on any atom is 0.422 e. The van der Waals surface area contributed by atoms with Crippen LogP contribution in [-0.4, -0.2) is 18.5 Å². The molecule has 0 aliphatic heterocycles. The Morgan fingerprint density at radius 2 is 1.87 bits per heavy atom. The number of ether oxygens (including phenoxy) is 2. The molecule has 0 N–H and O–H groups in total. The summed E-state index contributed by atoms with van der Waals surface area (Å²) in [5.41, 5.74) is 0. The van der Waals surface area contributed by atoms with Gasteiger partial charge in [0.05, 0.1) is 0 Å². The van der Waals surface area contributed by atoms with Gasteiger partial charge >= 0.3 is 11.9 Å². The third-order valence-electron chi connectivity index (χ3n) is 1.41. The molecular formula is C11H8O4. The number of carbonyl (C=O) groups is 2. The third kappa shape index (κ3) is 3.53. The highest BCUT2D eigenvalue weighted by Gasteiger charge is 2.17. The van der Waals surface area contributed by atoms with Gasteiger partial charge in [-0.15, -0.1) is 6.42 Å². The van der Waals surface area contributed by atoms with Gasteiger partial charge in [-0.1, -0.05) is 24.1 Å². The second kappa shape index (κ2) is 5.45. The van der Waals surface area contributed by atoms with E-state index in [9.17, 15) is 9.59 Å². The normalized spacial score (nSPS) is 8.73. The Kier molecular flexibility index (Phi) is 3.92. The van der Waals surface area contributed by atoms with Gasteiger partial charge in [-0.3, -0.25) is 0 Å². The number of hydrogen-bond acceptors (Lipinski definition) is 4. The Balaban J connectivity index is 2.50. The van der Waals surface area contributed by atoms with Crippen molar-refractivity contribution in [2.45, 2.75) is 0 Å². The van der Waals surface area contributed by atoms with E-state index in [2.05, 4.69) is 10.7 Å². The van der Waals surface area contributed by atoms with Crippen molar-refractivity contribution in [3.8, 4) is 18.1 Å². The van der Waals surface area contributed by atoms with Gasteiger partial charge in [0.15, 0.2) is 6.61 Å². The molecule has 0 spiro atoms. The first-order valence-corrected chi connectivity index (χ1v) is 4.11. The number of esters is 2. The summed E-state index contributed by atoms with van der Waals surface area (Å²) in [5, 5.41) is 0. The molecule has 4 nitrogen and oxygen atoms in total. The average Bonchev–Trinajstić information content (AvgIpc) is 2.27. The van der Waals surface area contributed by atoms with Crippen LogP contribution in [0.1, 0.15) is 0 Å². The van der Waals surface area contributed by atoms with Crippen LogP contribution in [0.2, 0.25) is 0 Å². The van der Waals surface area contributed by atoms with E-state index in [1.165, 1.54) is 0 Å². The van der Waals surface area contributed by atoms with Crippen LogP contribution < -0.4 is 4.74 Å². The molecule has 0 unspecified atom stereocenters. The van der Waals surface area contributed by atoms with Gasteiger partial charge < -0.3 is 9.47 Å². The van der Waals surface area contributed by atoms with E-state index in [4.69, 9.17) is 11.2 Å². The van der Waals surface area contributed by atoms with Crippen molar-refractivity contribution in [2.24, 2.45) is 0 Å². The van der Waals surface area contributed by atoms with E-state index in [1.54, 1.807) is 30.3 Å². The first kappa shape index (κ1) is 10.8. The molecule has 0 aromatic heterocycles. The van der Waals surface area contributed by atoms with E-state index in [-0.39, 0.29) is 12.4 Å². The minimum Gasteiger partial charge on any atom is -0.444 e. The van der Waals surface area contributed by atoms with Gasteiger partial charge in [0, 0.05) is 0 Å². The standard InChI is InChI=1S/C11H8O4/c1-2-8-14-10(12)11(13)15-9-6-4-3-5-7-9/h1,3-7H,8H2. The molecule has 0 fully saturated rings. The molecule has 1 aromatic rings. The molecule has 1 rings (SSSR count). The van der Waals surface area contributed by atoms with Crippen LogP contribution >= 0.6 is 0 Å². The summed E-state index contributed by atoms with van der Waals surface area (Å²) in [6.45, 7) is -0.247. The van der Waals surface area contributed by atoms with Gasteiger partial charge in [0.1, 0.15) is 5.75 Å². The lowest BCUT2D eigenvalue weighted by molar-refractivity contribution is -0.161. The van der Waals surface area contributed by atoms with Gasteiger partial charge in [0.25, 0.3) is 0 Å². The van der Waals surface area contributed by atoms with Crippen LogP contribution in [0.3, 0.4) is 0 Å². The molecule has 0 aliphatic carbocycles. The molecule has 0 saturated heterocycles. The minimum absolute atomic E-state index is 0.247. The second-order valence-electron chi connectivity index (χ2n) is 2.48. The lowest BCUT2D eigenvalue weighted by Gasteiger charge is -2.02. The van der Waals surface area contributed by atoms with Crippen LogP contribution in [0.15, 0.2) is 30.3 Å². The van der Waals surface area contributed by atoms with E-state index in [0.29, 0.717) is 0 Å². The van der Waals surface area contributed by atoms with Crippen molar-refractivity contribution in [3.05, 3.63) is 30.3 Å². The maximum atomic E-state index is 11.1. The largest absolute Gasteiger partial charge is 0.444 e. The maximum absolute atomic E-state index is 11.1. The molecular weight excluding hydrogens is 196 g/mol. The molecule has 4 heteroatoms. The lowest BCUT2D eigenvalue weighted by Crippen LogP contribution is -2.23. The zero-order valence-electron chi connectivity index (χ0n) is 7.80. The average molecular weight is 204 g/mol. The van der Waals surface area contributed by atoms with Crippen molar-refractivity contribution in [3.63, 3.8) is 0 Å². The van der Waals surface area contributed by atoms with Crippen molar-refractivity contribution in [2.75, 3.05) is 6.61 Å². The summed E-state index contributed by atoms with van der Waals surface area (Å²) in [4.78, 5) is 22.0. The van der Waals surface area contributed by atoms with Crippen molar-refractivity contribution >= 4 is 11.9 Å². The number of rotatable bonds is 2. The molecule has 0 aliphatic rings. The highest BCUT2D eigenvalue weighted by molar-refractivity contribution is 6.30. The van der Waals surface area contributed by atoms with E-state index in [1.807, 2.05) is 0 Å². The summed E-state index contributed by atoms with van der Waals surface area (Å²) < 4.78 is 9.07. The van der Waals surface area contributed by atoms with Crippen molar-refractivity contribution in [1.29, 1.82) is 0 Å². The highest BCUT2D eigenvalue weighted by Crippen LogP contribution is 2.08. The Morgan fingerprint density at radius 1 is 1.20 bits per heavy atom. The molecule has 0 heterocycles. The molecule has 0 radical (unpaired) electrons. The quantitative estimate of drug-likeness (QED) is 0.309. The Bertz CT molecular complexity index is 389. The minimum atomic E-state index is -1.10. The van der Waals surface area contributed by atoms with E-state index >= 15 is 0 Å². The van der Waals surface area contributed by atoms with Gasteiger partial charge in [-0.25, -0.2) is 9.59 Å². The summed E-state index contributed by atoms with van der Waals surface area (Å²) in [7, 11) is 0. The second-order valence-corrected chi connectivity index (χ2v) is 2.48. The number of benzene rings is 1. The molecule has 0 atom stereocenters. The first-order valence-electron chi connectivity index (χ1n) is 4.11. The number of carbonyl (C=O) groups excluding carboxylic acids is 2. The fourth-order valence-corrected chi connectivity index (χ4v) is 0.803. The molecule has 0 bridgehead atoms. The van der Waals surface area contributed by atoms with Crippen molar-refractivity contribution in [1.82, 2.24) is 0 Å².